The molecule has 1 heterocycles. The number of rotatable bonds is 2. The fourth-order valence-electron chi connectivity index (χ4n) is 2.99. The molecule has 5 heteroatoms. The van der Waals surface area contributed by atoms with Gasteiger partial charge < -0.3 is 5.21 Å². The molecule has 23 heavy (non-hydrogen) atoms. The van der Waals surface area contributed by atoms with Crippen LogP contribution in [0.25, 0.3) is 16.7 Å². The first-order valence-electron chi connectivity index (χ1n) is 7.49. The zero-order valence-electron chi connectivity index (χ0n) is 13.3. The van der Waals surface area contributed by atoms with E-state index in [2.05, 4.69) is 0 Å². The van der Waals surface area contributed by atoms with Crippen molar-refractivity contribution in [1.29, 1.82) is 0 Å². The van der Waals surface area contributed by atoms with Gasteiger partial charge in [0.1, 0.15) is 5.52 Å². The van der Waals surface area contributed by atoms with Gasteiger partial charge in [-0.1, -0.05) is 36.7 Å². The number of aromatic nitrogens is 2. The van der Waals surface area contributed by atoms with Crippen LogP contribution < -0.4 is 10.3 Å². The molecular formula is C18H17ClN2O2. The maximum Gasteiger partial charge on any atom is 0.324 e. The predicted molar refractivity (Wildman–Crippen MR) is 92.4 cm³/mol. The van der Waals surface area contributed by atoms with Crippen molar-refractivity contribution in [2.24, 2.45) is 0 Å². The molecular weight excluding hydrogens is 312 g/mol. The van der Waals surface area contributed by atoms with Crippen LogP contribution in [-0.4, -0.2) is 4.57 Å². The van der Waals surface area contributed by atoms with Gasteiger partial charge in [-0.3, -0.25) is 9.36 Å². The average Bonchev–Trinajstić information content (AvgIpc) is 2.50. The summed E-state index contributed by atoms with van der Waals surface area (Å²) >= 11 is 6.11. The highest BCUT2D eigenvalue weighted by molar-refractivity contribution is 6.31. The molecule has 0 atom stereocenters. The van der Waals surface area contributed by atoms with Crippen molar-refractivity contribution in [2.75, 3.05) is 0 Å². The maximum atomic E-state index is 13.0. The molecule has 0 unspecified atom stereocenters. The summed E-state index contributed by atoms with van der Waals surface area (Å²) in [5, 5.41) is 13.0. The monoisotopic (exact) mass is 328 g/mol. The Morgan fingerprint density at radius 2 is 1.83 bits per heavy atom. The molecule has 0 aliphatic rings. The zero-order valence-corrected chi connectivity index (χ0v) is 14.0. The van der Waals surface area contributed by atoms with E-state index in [0.717, 1.165) is 21.5 Å². The SMILES string of the molecule is CCc1c(=O)n(-c2c(C)cccc2C)c2cc(Cl)ccc2[n+]1[O-]. The molecule has 0 radical (unpaired) electrons. The van der Waals surface area contributed by atoms with Gasteiger partial charge in [-0.25, -0.2) is 0 Å². The summed E-state index contributed by atoms with van der Waals surface area (Å²) in [5.41, 5.74) is 3.64. The van der Waals surface area contributed by atoms with Crippen LogP contribution >= 0.6 is 11.6 Å². The van der Waals surface area contributed by atoms with Gasteiger partial charge in [-0.05, 0) is 37.1 Å². The Kier molecular flexibility index (Phi) is 3.86. The maximum absolute atomic E-state index is 13.0. The predicted octanol–water partition coefficient (Wildman–Crippen LogP) is 3.46. The average molecular weight is 329 g/mol. The largest absolute Gasteiger partial charge is 0.618 e. The molecule has 2 aromatic carbocycles. The third-order valence-electron chi connectivity index (χ3n) is 4.09. The first kappa shape index (κ1) is 15.6. The highest BCUT2D eigenvalue weighted by Crippen LogP contribution is 2.23. The summed E-state index contributed by atoms with van der Waals surface area (Å²) in [7, 11) is 0. The van der Waals surface area contributed by atoms with Crippen LogP contribution in [0.5, 0.6) is 0 Å². The van der Waals surface area contributed by atoms with Crippen molar-refractivity contribution < 1.29 is 4.73 Å². The van der Waals surface area contributed by atoms with E-state index in [1.165, 1.54) is 0 Å². The van der Waals surface area contributed by atoms with Gasteiger partial charge in [-0.15, -0.1) is 0 Å². The Labute approximate surface area is 139 Å². The first-order valence-corrected chi connectivity index (χ1v) is 7.86. The molecule has 1 aromatic heterocycles. The molecule has 4 nitrogen and oxygen atoms in total. The topological polar surface area (TPSA) is 48.9 Å². The Morgan fingerprint density at radius 3 is 2.43 bits per heavy atom. The van der Waals surface area contributed by atoms with Crippen LogP contribution in [0.1, 0.15) is 23.7 Å². The van der Waals surface area contributed by atoms with Crippen LogP contribution in [-0.2, 0) is 6.42 Å². The highest BCUT2D eigenvalue weighted by Gasteiger charge is 2.22. The van der Waals surface area contributed by atoms with E-state index in [0.29, 0.717) is 22.5 Å². The standard InChI is InChI=1S/C18H17ClN2O2/c1-4-14-18(22)20(17-11(2)6-5-7-12(17)3)16-10-13(19)8-9-15(16)21(14)23/h5-10H,4H2,1-3H3. The number of para-hydroxylation sites is 1. The fourth-order valence-corrected chi connectivity index (χ4v) is 3.16. The lowest BCUT2D eigenvalue weighted by atomic mass is 10.1. The number of aryl methyl sites for hydroxylation is 2. The molecule has 118 valence electrons. The Hall–Kier alpha value is -2.33. The number of hydrogen-bond acceptors (Lipinski definition) is 2. The van der Waals surface area contributed by atoms with Crippen LogP contribution in [0.4, 0.5) is 0 Å². The summed E-state index contributed by atoms with van der Waals surface area (Å²) in [4.78, 5) is 13.0. The quantitative estimate of drug-likeness (QED) is 0.534. The van der Waals surface area contributed by atoms with Gasteiger partial charge in [0, 0.05) is 17.5 Å². The second-order valence-corrected chi connectivity index (χ2v) is 6.05. The van der Waals surface area contributed by atoms with Crippen molar-refractivity contribution in [1.82, 2.24) is 4.57 Å². The number of hydrogen-bond donors (Lipinski definition) is 0. The molecule has 0 amide bonds. The van der Waals surface area contributed by atoms with Crippen LogP contribution in [0.15, 0.2) is 41.2 Å². The van der Waals surface area contributed by atoms with Gasteiger partial charge in [0.05, 0.1) is 5.69 Å². The third kappa shape index (κ3) is 2.39. The van der Waals surface area contributed by atoms with Gasteiger partial charge >= 0.3 is 5.56 Å². The third-order valence-corrected chi connectivity index (χ3v) is 4.33. The van der Waals surface area contributed by atoms with Crippen molar-refractivity contribution >= 4 is 22.6 Å². The fraction of sp³-hybridized carbons (Fsp3) is 0.222. The summed E-state index contributed by atoms with van der Waals surface area (Å²) in [5.74, 6) is 0. The van der Waals surface area contributed by atoms with Gasteiger partial charge in [0.15, 0.2) is 0 Å². The summed E-state index contributed by atoms with van der Waals surface area (Å²) < 4.78 is 2.33. The van der Waals surface area contributed by atoms with E-state index in [9.17, 15) is 10.0 Å². The second-order valence-electron chi connectivity index (χ2n) is 5.61. The molecule has 3 aromatic rings. The number of halogens is 1. The summed E-state index contributed by atoms with van der Waals surface area (Å²) in [6.45, 7) is 5.71. The first-order chi connectivity index (χ1) is 11.0. The zero-order chi connectivity index (χ0) is 16.7. The van der Waals surface area contributed by atoms with Crippen molar-refractivity contribution in [3.8, 4) is 5.69 Å². The molecule has 0 fully saturated rings. The lowest BCUT2D eigenvalue weighted by molar-refractivity contribution is -0.587. The highest BCUT2D eigenvalue weighted by atomic mass is 35.5. The Morgan fingerprint density at radius 1 is 1.17 bits per heavy atom. The van der Waals surface area contributed by atoms with E-state index in [1.54, 1.807) is 22.8 Å². The lowest BCUT2D eigenvalue weighted by Gasteiger charge is -2.17. The van der Waals surface area contributed by atoms with E-state index < -0.39 is 0 Å². The molecule has 0 aliphatic heterocycles. The normalized spacial score (nSPS) is 11.1. The van der Waals surface area contributed by atoms with Crippen molar-refractivity contribution in [2.45, 2.75) is 27.2 Å². The van der Waals surface area contributed by atoms with E-state index in [1.807, 2.05) is 39.0 Å². The number of benzene rings is 2. The van der Waals surface area contributed by atoms with Crippen molar-refractivity contribution in [3.63, 3.8) is 0 Å². The molecule has 0 bridgehead atoms. The van der Waals surface area contributed by atoms with E-state index in [-0.39, 0.29) is 11.3 Å². The Bertz CT molecular complexity index is 957. The second kappa shape index (κ2) is 5.70. The minimum atomic E-state index is -0.297. The van der Waals surface area contributed by atoms with E-state index in [4.69, 9.17) is 11.6 Å². The number of fused-ring (bicyclic) bond motifs is 1. The summed E-state index contributed by atoms with van der Waals surface area (Å²) in [6, 6.07) is 10.8. The minimum Gasteiger partial charge on any atom is -0.618 e. The number of nitrogens with zero attached hydrogens (tertiary/aromatic N) is 2. The molecule has 0 saturated heterocycles. The van der Waals surface area contributed by atoms with Gasteiger partial charge in [0.2, 0.25) is 5.52 Å². The van der Waals surface area contributed by atoms with Crippen molar-refractivity contribution in [3.05, 3.63) is 73.8 Å². The van der Waals surface area contributed by atoms with Crippen LogP contribution in [0, 0.1) is 19.1 Å². The molecule has 3 rings (SSSR count). The Balaban J connectivity index is 2.59. The van der Waals surface area contributed by atoms with Crippen LogP contribution in [0.2, 0.25) is 5.02 Å². The molecule has 0 saturated carbocycles. The van der Waals surface area contributed by atoms with Crippen LogP contribution in [0.3, 0.4) is 0 Å². The lowest BCUT2D eigenvalue weighted by Crippen LogP contribution is -2.43. The molecule has 0 spiro atoms. The summed E-state index contributed by atoms with van der Waals surface area (Å²) in [6.07, 6.45) is 0.367. The molecule has 0 aliphatic carbocycles. The smallest absolute Gasteiger partial charge is 0.324 e. The van der Waals surface area contributed by atoms with Gasteiger partial charge in [-0.2, -0.15) is 4.73 Å². The van der Waals surface area contributed by atoms with E-state index >= 15 is 0 Å². The minimum absolute atomic E-state index is 0.225. The molecule has 0 N–H and O–H groups in total. The van der Waals surface area contributed by atoms with Gasteiger partial charge in [0.25, 0.3) is 5.69 Å².